The summed E-state index contributed by atoms with van der Waals surface area (Å²) >= 11 is 3.41. The summed E-state index contributed by atoms with van der Waals surface area (Å²) in [6, 6.07) is 12.5. The third kappa shape index (κ3) is 2.82. The van der Waals surface area contributed by atoms with Crippen molar-refractivity contribution in [1.82, 2.24) is 4.57 Å². The van der Waals surface area contributed by atoms with Gasteiger partial charge in [0.2, 0.25) is 5.91 Å². The molecule has 0 aliphatic rings. The van der Waals surface area contributed by atoms with Crippen LogP contribution >= 0.6 is 15.9 Å². The Hall–Kier alpha value is -2.34. The predicted molar refractivity (Wildman–Crippen MR) is 88.0 cm³/mol. The average Bonchev–Trinajstić information content (AvgIpc) is 2.79. The highest BCUT2D eigenvalue weighted by Crippen LogP contribution is 2.20. The maximum absolute atomic E-state index is 12.1. The number of carbonyl (C=O) groups excluding carboxylic acids is 1. The van der Waals surface area contributed by atoms with E-state index in [0.29, 0.717) is 16.8 Å². The van der Waals surface area contributed by atoms with E-state index in [4.69, 9.17) is 4.42 Å². The minimum absolute atomic E-state index is 0.0923. The summed E-state index contributed by atoms with van der Waals surface area (Å²) in [5.41, 5.74) is 2.78. The number of para-hydroxylation sites is 2. The molecule has 0 fully saturated rings. The highest BCUT2D eigenvalue weighted by atomic mass is 79.9. The van der Waals surface area contributed by atoms with E-state index < -0.39 is 5.76 Å². The van der Waals surface area contributed by atoms with Gasteiger partial charge in [0.25, 0.3) is 0 Å². The minimum Gasteiger partial charge on any atom is -0.408 e. The van der Waals surface area contributed by atoms with Gasteiger partial charge in [0.05, 0.1) is 5.52 Å². The van der Waals surface area contributed by atoms with Crippen molar-refractivity contribution < 1.29 is 9.21 Å². The zero-order chi connectivity index (χ0) is 15.7. The molecule has 0 aliphatic heterocycles. The molecular formula is C16H13BrN2O3. The molecule has 5 nitrogen and oxygen atoms in total. The normalized spacial score (nSPS) is 10.8. The number of oxazole rings is 1. The molecule has 22 heavy (non-hydrogen) atoms. The fourth-order valence-electron chi connectivity index (χ4n) is 2.23. The molecular weight excluding hydrogens is 348 g/mol. The molecule has 0 aliphatic carbocycles. The first-order chi connectivity index (χ1) is 10.5. The van der Waals surface area contributed by atoms with Crippen molar-refractivity contribution in [2.45, 2.75) is 13.5 Å². The van der Waals surface area contributed by atoms with Crippen LogP contribution in [-0.2, 0) is 11.3 Å². The number of hydrogen-bond acceptors (Lipinski definition) is 3. The molecule has 3 aromatic rings. The molecule has 6 heteroatoms. The first kappa shape index (κ1) is 14.6. The minimum atomic E-state index is -0.539. The van der Waals surface area contributed by atoms with Gasteiger partial charge in [-0.2, -0.15) is 0 Å². The maximum Gasteiger partial charge on any atom is 0.420 e. The van der Waals surface area contributed by atoms with Gasteiger partial charge in [-0.25, -0.2) is 4.79 Å². The molecule has 0 saturated carbocycles. The van der Waals surface area contributed by atoms with Crippen LogP contribution in [0.4, 0.5) is 5.69 Å². The number of amides is 1. The molecule has 112 valence electrons. The molecule has 0 radical (unpaired) electrons. The average molecular weight is 361 g/mol. The second-order valence-corrected chi connectivity index (χ2v) is 5.79. The Bertz CT molecular complexity index is 911. The van der Waals surface area contributed by atoms with Crippen LogP contribution in [0.1, 0.15) is 5.56 Å². The molecule has 1 N–H and O–H groups in total. The molecule has 0 spiro atoms. The number of nitrogens with zero attached hydrogens (tertiary/aromatic N) is 1. The second kappa shape index (κ2) is 5.81. The van der Waals surface area contributed by atoms with Crippen LogP contribution in [0, 0.1) is 6.92 Å². The van der Waals surface area contributed by atoms with Crippen LogP contribution < -0.4 is 11.1 Å². The van der Waals surface area contributed by atoms with Crippen molar-refractivity contribution >= 4 is 38.6 Å². The summed E-state index contributed by atoms with van der Waals surface area (Å²) in [7, 11) is 0. The fourth-order valence-corrected chi connectivity index (χ4v) is 2.48. The molecule has 2 aromatic carbocycles. The van der Waals surface area contributed by atoms with Gasteiger partial charge in [0, 0.05) is 10.2 Å². The van der Waals surface area contributed by atoms with Gasteiger partial charge in [0.15, 0.2) is 5.58 Å². The van der Waals surface area contributed by atoms with E-state index in [-0.39, 0.29) is 12.5 Å². The Morgan fingerprint density at radius 2 is 2.05 bits per heavy atom. The lowest BCUT2D eigenvalue weighted by molar-refractivity contribution is -0.116. The molecule has 1 aromatic heterocycles. The predicted octanol–water partition coefficient (Wildman–Crippen LogP) is 3.30. The number of rotatable bonds is 3. The van der Waals surface area contributed by atoms with Crippen molar-refractivity contribution in [3.05, 3.63) is 63.1 Å². The second-order valence-electron chi connectivity index (χ2n) is 4.93. The summed E-state index contributed by atoms with van der Waals surface area (Å²) in [5, 5.41) is 2.78. The third-order valence-corrected chi connectivity index (χ3v) is 4.21. The van der Waals surface area contributed by atoms with Crippen molar-refractivity contribution in [3.8, 4) is 0 Å². The number of nitrogens with one attached hydrogen (secondary N) is 1. The van der Waals surface area contributed by atoms with Crippen LogP contribution in [-0.4, -0.2) is 10.5 Å². The number of carbonyl (C=O) groups is 1. The Kier molecular flexibility index (Phi) is 3.85. The Morgan fingerprint density at radius 3 is 2.82 bits per heavy atom. The topological polar surface area (TPSA) is 64.2 Å². The van der Waals surface area contributed by atoms with E-state index >= 15 is 0 Å². The van der Waals surface area contributed by atoms with E-state index in [1.807, 2.05) is 19.1 Å². The SMILES string of the molecule is Cc1cc(NC(=O)Cn2c(=O)oc3ccccc32)ccc1Br. The van der Waals surface area contributed by atoms with Crippen LogP contribution in [0.2, 0.25) is 0 Å². The van der Waals surface area contributed by atoms with Gasteiger partial charge in [-0.3, -0.25) is 9.36 Å². The lowest BCUT2D eigenvalue weighted by Crippen LogP contribution is -2.24. The summed E-state index contributed by atoms with van der Waals surface area (Å²) in [4.78, 5) is 24.0. The van der Waals surface area contributed by atoms with Crippen molar-refractivity contribution in [2.24, 2.45) is 0 Å². The van der Waals surface area contributed by atoms with Crippen molar-refractivity contribution in [3.63, 3.8) is 0 Å². The van der Waals surface area contributed by atoms with Crippen LogP contribution in [0.5, 0.6) is 0 Å². The van der Waals surface area contributed by atoms with Gasteiger partial charge in [-0.15, -0.1) is 0 Å². The van der Waals surface area contributed by atoms with E-state index in [9.17, 15) is 9.59 Å². The van der Waals surface area contributed by atoms with E-state index in [1.165, 1.54) is 4.57 Å². The number of anilines is 1. The fraction of sp³-hybridized carbons (Fsp3) is 0.125. The number of aromatic nitrogens is 1. The summed E-state index contributed by atoms with van der Waals surface area (Å²) in [6.45, 7) is 1.85. The zero-order valence-electron chi connectivity index (χ0n) is 11.8. The zero-order valence-corrected chi connectivity index (χ0v) is 13.4. The van der Waals surface area contributed by atoms with Gasteiger partial charge in [0.1, 0.15) is 6.54 Å². The summed E-state index contributed by atoms with van der Waals surface area (Å²) in [6.07, 6.45) is 0. The van der Waals surface area contributed by atoms with E-state index in [1.54, 1.807) is 30.3 Å². The lowest BCUT2D eigenvalue weighted by atomic mass is 10.2. The largest absolute Gasteiger partial charge is 0.420 e. The maximum atomic E-state index is 12.1. The number of hydrogen-bond donors (Lipinski definition) is 1. The molecule has 0 bridgehead atoms. The molecule has 0 unspecified atom stereocenters. The van der Waals surface area contributed by atoms with E-state index in [2.05, 4.69) is 21.2 Å². The number of fused-ring (bicyclic) bond motifs is 1. The number of benzene rings is 2. The van der Waals surface area contributed by atoms with Crippen molar-refractivity contribution in [2.75, 3.05) is 5.32 Å². The van der Waals surface area contributed by atoms with Gasteiger partial charge >= 0.3 is 5.76 Å². The van der Waals surface area contributed by atoms with Crippen LogP contribution in [0.3, 0.4) is 0 Å². The van der Waals surface area contributed by atoms with Crippen LogP contribution in [0.15, 0.2) is 56.1 Å². The van der Waals surface area contributed by atoms with Gasteiger partial charge < -0.3 is 9.73 Å². The summed E-state index contributed by atoms with van der Waals surface area (Å²) < 4.78 is 7.40. The Morgan fingerprint density at radius 1 is 1.27 bits per heavy atom. The molecule has 0 atom stereocenters. The number of halogens is 1. The van der Waals surface area contributed by atoms with Crippen LogP contribution in [0.25, 0.3) is 11.1 Å². The third-order valence-electron chi connectivity index (χ3n) is 3.32. The highest BCUT2D eigenvalue weighted by molar-refractivity contribution is 9.10. The highest BCUT2D eigenvalue weighted by Gasteiger charge is 2.12. The van der Waals surface area contributed by atoms with E-state index in [0.717, 1.165) is 10.0 Å². The number of aryl methyl sites for hydroxylation is 1. The summed E-state index contributed by atoms with van der Waals surface area (Å²) in [5.74, 6) is -0.821. The Labute approximate surface area is 134 Å². The standard InChI is InChI=1S/C16H13BrN2O3/c1-10-8-11(6-7-12(10)17)18-15(20)9-19-13-4-2-3-5-14(13)22-16(19)21/h2-8H,9H2,1H3,(H,18,20). The lowest BCUT2D eigenvalue weighted by Gasteiger charge is -2.07. The molecule has 0 saturated heterocycles. The first-order valence-corrected chi connectivity index (χ1v) is 7.48. The monoisotopic (exact) mass is 360 g/mol. The first-order valence-electron chi connectivity index (χ1n) is 6.69. The van der Waals surface area contributed by atoms with Gasteiger partial charge in [-0.05, 0) is 42.8 Å². The molecule has 1 amide bonds. The quantitative estimate of drug-likeness (QED) is 0.779. The molecule has 1 heterocycles. The Balaban J connectivity index is 1.82. The van der Waals surface area contributed by atoms with Gasteiger partial charge in [-0.1, -0.05) is 28.1 Å². The molecule has 3 rings (SSSR count). The smallest absolute Gasteiger partial charge is 0.408 e. The van der Waals surface area contributed by atoms with Crippen molar-refractivity contribution in [1.29, 1.82) is 0 Å².